The summed E-state index contributed by atoms with van der Waals surface area (Å²) in [6, 6.07) is 6.22. The van der Waals surface area contributed by atoms with E-state index < -0.39 is 0 Å². The van der Waals surface area contributed by atoms with Gasteiger partial charge >= 0.3 is 0 Å². The van der Waals surface area contributed by atoms with Crippen LogP contribution >= 0.6 is 12.4 Å². The average Bonchev–Trinajstić information content (AvgIpc) is 2.99. The molecule has 0 unspecified atom stereocenters. The van der Waals surface area contributed by atoms with Crippen molar-refractivity contribution in [1.82, 2.24) is 15.2 Å². The molecular formula is C17H23ClFN3O. The Labute approximate surface area is 142 Å². The van der Waals surface area contributed by atoms with Crippen LogP contribution in [0.2, 0.25) is 0 Å². The van der Waals surface area contributed by atoms with Gasteiger partial charge in [0.05, 0.1) is 5.69 Å². The molecule has 1 saturated heterocycles. The summed E-state index contributed by atoms with van der Waals surface area (Å²) in [5.41, 5.74) is 1.74. The summed E-state index contributed by atoms with van der Waals surface area (Å²) in [5, 5.41) is 3.25. The maximum absolute atomic E-state index is 12.9. The van der Waals surface area contributed by atoms with Crippen molar-refractivity contribution in [2.24, 2.45) is 5.92 Å². The number of hydrogen-bond acceptors (Lipinski definition) is 4. The number of nitrogens with one attached hydrogen (secondary N) is 1. The van der Waals surface area contributed by atoms with Crippen LogP contribution < -0.4 is 5.32 Å². The molecule has 0 atom stereocenters. The molecule has 0 aliphatic carbocycles. The normalized spacial score (nSPS) is 16.3. The molecule has 4 nitrogen and oxygen atoms in total. The molecule has 1 aromatic carbocycles. The Kier molecular flexibility index (Phi) is 6.57. The van der Waals surface area contributed by atoms with E-state index in [2.05, 4.69) is 15.2 Å². The minimum absolute atomic E-state index is 0. The fourth-order valence-electron chi connectivity index (χ4n) is 2.97. The quantitative estimate of drug-likeness (QED) is 0.907. The standard InChI is InChI=1S/C17H22FN3O.ClH/c1-19-10-13-6-8-21(9-7-13)11-16-12-22-17(20-16)14-2-4-15(18)5-3-14;/h2-5,12-13,19H,6-11H2,1H3;1H. The second-order valence-electron chi connectivity index (χ2n) is 5.93. The summed E-state index contributed by atoms with van der Waals surface area (Å²) >= 11 is 0. The topological polar surface area (TPSA) is 41.3 Å². The predicted octanol–water partition coefficient (Wildman–Crippen LogP) is 3.33. The molecule has 3 rings (SSSR count). The molecule has 126 valence electrons. The molecule has 0 spiro atoms. The fraction of sp³-hybridized carbons (Fsp3) is 0.471. The molecule has 1 aliphatic heterocycles. The van der Waals surface area contributed by atoms with Gasteiger partial charge in [0.15, 0.2) is 0 Å². The van der Waals surface area contributed by atoms with E-state index in [1.165, 1.54) is 25.0 Å². The smallest absolute Gasteiger partial charge is 0.226 e. The third-order valence-electron chi connectivity index (χ3n) is 4.23. The highest BCUT2D eigenvalue weighted by Gasteiger charge is 2.19. The first-order valence-corrected chi connectivity index (χ1v) is 7.82. The van der Waals surface area contributed by atoms with Gasteiger partial charge < -0.3 is 9.73 Å². The van der Waals surface area contributed by atoms with Crippen LogP contribution in [0, 0.1) is 11.7 Å². The molecule has 1 aromatic heterocycles. The second kappa shape index (κ2) is 8.43. The van der Waals surface area contributed by atoms with Crippen LogP contribution in [-0.4, -0.2) is 36.6 Å². The summed E-state index contributed by atoms with van der Waals surface area (Å²) < 4.78 is 18.5. The van der Waals surface area contributed by atoms with Crippen molar-refractivity contribution in [2.75, 3.05) is 26.7 Å². The first kappa shape index (κ1) is 17.9. The number of hydrogen-bond donors (Lipinski definition) is 1. The lowest BCUT2D eigenvalue weighted by molar-refractivity contribution is 0.175. The largest absolute Gasteiger partial charge is 0.444 e. The minimum atomic E-state index is -0.250. The van der Waals surface area contributed by atoms with Gasteiger partial charge in [0.25, 0.3) is 0 Å². The zero-order valence-corrected chi connectivity index (χ0v) is 14.1. The summed E-state index contributed by atoms with van der Waals surface area (Å²) in [6.45, 7) is 4.12. The van der Waals surface area contributed by atoms with Gasteiger partial charge in [-0.25, -0.2) is 9.37 Å². The van der Waals surface area contributed by atoms with Crippen LogP contribution in [0.25, 0.3) is 11.5 Å². The third-order valence-corrected chi connectivity index (χ3v) is 4.23. The van der Waals surface area contributed by atoms with Crippen LogP contribution in [0.5, 0.6) is 0 Å². The predicted molar refractivity (Wildman–Crippen MR) is 91.1 cm³/mol. The fourth-order valence-corrected chi connectivity index (χ4v) is 2.97. The van der Waals surface area contributed by atoms with E-state index in [1.807, 2.05) is 7.05 Å². The lowest BCUT2D eigenvalue weighted by Crippen LogP contribution is -2.36. The molecule has 0 saturated carbocycles. The summed E-state index contributed by atoms with van der Waals surface area (Å²) in [7, 11) is 2.01. The number of piperidine rings is 1. The summed E-state index contributed by atoms with van der Waals surface area (Å²) in [6.07, 6.45) is 4.16. The van der Waals surface area contributed by atoms with Gasteiger partial charge in [-0.2, -0.15) is 0 Å². The van der Waals surface area contributed by atoms with E-state index in [0.29, 0.717) is 5.89 Å². The van der Waals surface area contributed by atoms with Gasteiger partial charge in [0.1, 0.15) is 12.1 Å². The third kappa shape index (κ3) is 4.77. The highest BCUT2D eigenvalue weighted by molar-refractivity contribution is 5.85. The SMILES string of the molecule is CNCC1CCN(Cc2coc(-c3ccc(F)cc3)n2)CC1.Cl. The number of rotatable bonds is 5. The maximum Gasteiger partial charge on any atom is 0.226 e. The molecule has 0 radical (unpaired) electrons. The van der Waals surface area contributed by atoms with Crippen LogP contribution in [0.4, 0.5) is 4.39 Å². The zero-order chi connectivity index (χ0) is 15.4. The number of aromatic nitrogens is 1. The van der Waals surface area contributed by atoms with E-state index in [1.54, 1.807) is 18.4 Å². The first-order valence-electron chi connectivity index (χ1n) is 7.82. The van der Waals surface area contributed by atoms with Crippen molar-refractivity contribution < 1.29 is 8.81 Å². The van der Waals surface area contributed by atoms with E-state index in [4.69, 9.17) is 4.42 Å². The van der Waals surface area contributed by atoms with E-state index >= 15 is 0 Å². The molecule has 1 aliphatic rings. The molecule has 23 heavy (non-hydrogen) atoms. The van der Waals surface area contributed by atoms with Gasteiger partial charge in [-0.3, -0.25) is 4.90 Å². The molecular weight excluding hydrogens is 317 g/mol. The van der Waals surface area contributed by atoms with Crippen LogP contribution in [0.15, 0.2) is 34.9 Å². The maximum atomic E-state index is 12.9. The Hall–Kier alpha value is -1.43. The zero-order valence-electron chi connectivity index (χ0n) is 13.3. The number of oxazole rings is 1. The van der Waals surface area contributed by atoms with Gasteiger partial charge in [-0.1, -0.05) is 0 Å². The number of benzene rings is 1. The highest BCUT2D eigenvalue weighted by Crippen LogP contribution is 2.21. The second-order valence-corrected chi connectivity index (χ2v) is 5.93. The van der Waals surface area contributed by atoms with Gasteiger partial charge in [0, 0.05) is 12.1 Å². The monoisotopic (exact) mass is 339 g/mol. The Morgan fingerprint density at radius 1 is 1.26 bits per heavy atom. The van der Waals surface area contributed by atoms with Crippen LogP contribution in [0.1, 0.15) is 18.5 Å². The van der Waals surface area contributed by atoms with Crippen LogP contribution in [-0.2, 0) is 6.54 Å². The molecule has 6 heteroatoms. The van der Waals surface area contributed by atoms with E-state index in [-0.39, 0.29) is 18.2 Å². The average molecular weight is 340 g/mol. The van der Waals surface area contributed by atoms with Gasteiger partial charge in [-0.15, -0.1) is 12.4 Å². The molecule has 2 aromatic rings. The Balaban J connectivity index is 0.00000192. The highest BCUT2D eigenvalue weighted by atomic mass is 35.5. The number of likely N-dealkylation sites (tertiary alicyclic amines) is 1. The lowest BCUT2D eigenvalue weighted by atomic mass is 9.97. The van der Waals surface area contributed by atoms with E-state index in [0.717, 1.165) is 43.4 Å². The first-order chi connectivity index (χ1) is 10.7. The minimum Gasteiger partial charge on any atom is -0.444 e. The van der Waals surface area contributed by atoms with Crippen LogP contribution in [0.3, 0.4) is 0 Å². The molecule has 1 fully saturated rings. The Morgan fingerprint density at radius 2 is 1.96 bits per heavy atom. The van der Waals surface area contributed by atoms with Crippen molar-refractivity contribution in [3.63, 3.8) is 0 Å². The van der Waals surface area contributed by atoms with Gasteiger partial charge in [0.2, 0.25) is 5.89 Å². The molecule has 1 N–H and O–H groups in total. The number of nitrogens with zero attached hydrogens (tertiary/aromatic N) is 2. The van der Waals surface area contributed by atoms with Crippen molar-refractivity contribution in [2.45, 2.75) is 19.4 Å². The van der Waals surface area contributed by atoms with Crippen molar-refractivity contribution in [3.05, 3.63) is 42.0 Å². The molecule has 2 heterocycles. The summed E-state index contributed by atoms with van der Waals surface area (Å²) in [4.78, 5) is 6.93. The Morgan fingerprint density at radius 3 is 2.61 bits per heavy atom. The lowest BCUT2D eigenvalue weighted by Gasteiger charge is -2.31. The van der Waals surface area contributed by atoms with Crippen molar-refractivity contribution in [1.29, 1.82) is 0 Å². The van der Waals surface area contributed by atoms with Crippen molar-refractivity contribution >= 4 is 12.4 Å². The van der Waals surface area contributed by atoms with Gasteiger partial charge in [-0.05, 0) is 69.7 Å². The Bertz CT molecular complexity index is 594. The molecule has 0 amide bonds. The number of halogens is 2. The molecule has 0 bridgehead atoms. The van der Waals surface area contributed by atoms with Crippen molar-refractivity contribution in [3.8, 4) is 11.5 Å². The van der Waals surface area contributed by atoms with E-state index in [9.17, 15) is 4.39 Å². The summed E-state index contributed by atoms with van der Waals surface area (Å²) in [5.74, 6) is 1.09.